The first-order valence-electron chi connectivity index (χ1n) is 10.3. The van der Waals surface area contributed by atoms with Gasteiger partial charge < -0.3 is 10.2 Å². The first kappa shape index (κ1) is 19.6. The highest BCUT2D eigenvalue weighted by atomic mass is 16.2. The van der Waals surface area contributed by atoms with Crippen LogP contribution in [0.5, 0.6) is 0 Å². The molecule has 0 spiro atoms. The normalized spacial score (nSPS) is 18.9. The van der Waals surface area contributed by atoms with Crippen LogP contribution in [-0.4, -0.2) is 61.4 Å². The van der Waals surface area contributed by atoms with Gasteiger partial charge in [-0.2, -0.15) is 0 Å². The predicted molar refractivity (Wildman–Crippen MR) is 116 cm³/mol. The number of likely N-dealkylation sites (N-methyl/N-ethyl adjacent to an activating group) is 1. The minimum Gasteiger partial charge on any atom is -0.320 e. The number of likely N-dealkylation sites (tertiary alicyclic amines) is 1. The van der Waals surface area contributed by atoms with Crippen molar-refractivity contribution >= 4 is 28.9 Å². The Morgan fingerprint density at radius 2 is 1.86 bits per heavy atom. The number of amides is 2. The molecule has 1 fully saturated rings. The highest BCUT2D eigenvalue weighted by molar-refractivity contribution is 6.17. The van der Waals surface area contributed by atoms with Crippen LogP contribution in [-0.2, 0) is 4.79 Å². The molecule has 1 unspecified atom stereocenters. The van der Waals surface area contributed by atoms with Gasteiger partial charge in [0.1, 0.15) is 0 Å². The fourth-order valence-corrected chi connectivity index (χ4v) is 4.32. The zero-order valence-corrected chi connectivity index (χ0v) is 17.1. The third kappa shape index (κ3) is 4.04. The molecule has 6 nitrogen and oxygen atoms in total. The van der Waals surface area contributed by atoms with Gasteiger partial charge in [0.05, 0.1) is 29.2 Å². The van der Waals surface area contributed by atoms with Crippen molar-refractivity contribution in [2.75, 3.05) is 43.9 Å². The van der Waals surface area contributed by atoms with Gasteiger partial charge in [-0.15, -0.1) is 0 Å². The molecule has 2 amide bonds. The summed E-state index contributed by atoms with van der Waals surface area (Å²) < 4.78 is 0. The standard InChI is InChI=1S/C23H28N4O2/c1-25(15-13-17-8-7-14-26(17)2)16-22(28)27-20-11-5-3-9-18(20)23(29)24-19-10-4-6-12-21(19)27/h3-6,9-12,17H,7-8,13-16H2,1-2H3,(H,24,29). The van der Waals surface area contributed by atoms with Gasteiger partial charge in [0.2, 0.25) is 5.91 Å². The Morgan fingerprint density at radius 1 is 1.14 bits per heavy atom. The first-order valence-corrected chi connectivity index (χ1v) is 10.3. The van der Waals surface area contributed by atoms with Crippen molar-refractivity contribution in [3.8, 4) is 0 Å². The first-order chi connectivity index (χ1) is 14.0. The summed E-state index contributed by atoms with van der Waals surface area (Å²) >= 11 is 0. The second-order valence-corrected chi connectivity index (χ2v) is 8.02. The molecule has 2 aliphatic heterocycles. The Hall–Kier alpha value is -2.70. The third-order valence-corrected chi connectivity index (χ3v) is 5.95. The van der Waals surface area contributed by atoms with Crippen LogP contribution in [0.15, 0.2) is 48.5 Å². The molecule has 1 saturated heterocycles. The molecule has 2 aliphatic rings. The summed E-state index contributed by atoms with van der Waals surface area (Å²) in [4.78, 5) is 32.2. The molecular weight excluding hydrogens is 364 g/mol. The maximum atomic E-state index is 13.4. The molecule has 152 valence electrons. The van der Waals surface area contributed by atoms with E-state index in [1.54, 1.807) is 11.0 Å². The molecule has 29 heavy (non-hydrogen) atoms. The lowest BCUT2D eigenvalue weighted by molar-refractivity contribution is -0.118. The molecule has 1 N–H and O–H groups in total. The van der Waals surface area contributed by atoms with Crippen molar-refractivity contribution in [1.82, 2.24) is 9.80 Å². The van der Waals surface area contributed by atoms with E-state index in [1.807, 2.05) is 49.5 Å². The molecule has 0 saturated carbocycles. The van der Waals surface area contributed by atoms with Crippen LogP contribution >= 0.6 is 0 Å². The van der Waals surface area contributed by atoms with E-state index in [1.165, 1.54) is 12.8 Å². The number of carbonyl (C=O) groups is 2. The maximum absolute atomic E-state index is 13.4. The average Bonchev–Trinajstić information content (AvgIpc) is 3.07. The quantitative estimate of drug-likeness (QED) is 0.848. The molecule has 1 atom stereocenters. The van der Waals surface area contributed by atoms with Crippen LogP contribution in [0, 0.1) is 0 Å². The van der Waals surface area contributed by atoms with Crippen molar-refractivity contribution < 1.29 is 9.59 Å². The molecule has 6 heteroatoms. The summed E-state index contributed by atoms with van der Waals surface area (Å²) in [5.41, 5.74) is 2.49. The highest BCUT2D eigenvalue weighted by Gasteiger charge is 2.29. The lowest BCUT2D eigenvalue weighted by atomic mass is 10.1. The van der Waals surface area contributed by atoms with Crippen LogP contribution in [0.3, 0.4) is 0 Å². The van der Waals surface area contributed by atoms with E-state index in [0.29, 0.717) is 35.2 Å². The molecule has 4 rings (SSSR count). The van der Waals surface area contributed by atoms with Crippen molar-refractivity contribution in [3.63, 3.8) is 0 Å². The molecule has 0 aliphatic carbocycles. The Morgan fingerprint density at radius 3 is 2.62 bits per heavy atom. The lowest BCUT2D eigenvalue weighted by Crippen LogP contribution is -2.38. The van der Waals surface area contributed by atoms with Crippen LogP contribution in [0.25, 0.3) is 0 Å². The van der Waals surface area contributed by atoms with Gasteiger partial charge >= 0.3 is 0 Å². The van der Waals surface area contributed by atoms with Crippen molar-refractivity contribution in [2.45, 2.75) is 25.3 Å². The third-order valence-electron chi connectivity index (χ3n) is 5.95. The van der Waals surface area contributed by atoms with Gasteiger partial charge in [-0.3, -0.25) is 19.4 Å². The molecular formula is C23H28N4O2. The van der Waals surface area contributed by atoms with E-state index < -0.39 is 0 Å². The highest BCUT2D eigenvalue weighted by Crippen LogP contribution is 2.37. The molecule has 0 bridgehead atoms. The smallest absolute Gasteiger partial charge is 0.257 e. The van der Waals surface area contributed by atoms with E-state index in [2.05, 4.69) is 22.2 Å². The summed E-state index contributed by atoms with van der Waals surface area (Å²) in [7, 11) is 4.17. The van der Waals surface area contributed by atoms with Gasteiger partial charge in [0.25, 0.3) is 5.91 Å². The van der Waals surface area contributed by atoms with Gasteiger partial charge in [0.15, 0.2) is 0 Å². The molecule has 2 aromatic carbocycles. The zero-order valence-electron chi connectivity index (χ0n) is 17.1. The van der Waals surface area contributed by atoms with E-state index in [9.17, 15) is 9.59 Å². The molecule has 0 aromatic heterocycles. The minimum atomic E-state index is -0.194. The second kappa shape index (κ2) is 8.35. The lowest BCUT2D eigenvalue weighted by Gasteiger charge is -2.27. The predicted octanol–water partition coefficient (Wildman–Crippen LogP) is 3.33. The number of para-hydroxylation sites is 3. The monoisotopic (exact) mass is 392 g/mol. The number of anilines is 3. The number of carbonyl (C=O) groups excluding carboxylic acids is 2. The summed E-state index contributed by atoms with van der Waals surface area (Å²) in [6, 6.07) is 15.3. The molecule has 2 heterocycles. The fourth-order valence-electron chi connectivity index (χ4n) is 4.32. The SMILES string of the molecule is CN(CCC1CCCN1C)CC(=O)N1c2ccccc2NC(=O)c2ccccc21. The number of benzene rings is 2. The maximum Gasteiger partial charge on any atom is 0.257 e. The summed E-state index contributed by atoms with van der Waals surface area (Å²) in [6.07, 6.45) is 3.55. The molecule has 0 radical (unpaired) electrons. The van der Waals surface area contributed by atoms with E-state index >= 15 is 0 Å². The fraction of sp³-hybridized carbons (Fsp3) is 0.391. The van der Waals surface area contributed by atoms with Crippen LogP contribution in [0.4, 0.5) is 17.1 Å². The Labute approximate surface area is 172 Å². The van der Waals surface area contributed by atoms with Crippen molar-refractivity contribution in [2.24, 2.45) is 0 Å². The largest absolute Gasteiger partial charge is 0.320 e. The summed E-state index contributed by atoms with van der Waals surface area (Å²) in [6.45, 7) is 2.33. The Bertz CT molecular complexity index is 913. The number of nitrogens with one attached hydrogen (secondary N) is 1. The van der Waals surface area contributed by atoms with E-state index in [4.69, 9.17) is 0 Å². The Balaban J connectivity index is 1.55. The molecule has 2 aromatic rings. The number of fused-ring (bicyclic) bond motifs is 2. The number of rotatable bonds is 5. The topological polar surface area (TPSA) is 55.9 Å². The van der Waals surface area contributed by atoms with Crippen molar-refractivity contribution in [3.05, 3.63) is 54.1 Å². The zero-order chi connectivity index (χ0) is 20.4. The van der Waals surface area contributed by atoms with E-state index in [-0.39, 0.29) is 11.8 Å². The van der Waals surface area contributed by atoms with Gasteiger partial charge in [-0.25, -0.2) is 0 Å². The van der Waals surface area contributed by atoms with Crippen LogP contribution in [0.2, 0.25) is 0 Å². The Kier molecular flexibility index (Phi) is 5.65. The minimum absolute atomic E-state index is 0.0383. The van der Waals surface area contributed by atoms with Gasteiger partial charge in [0, 0.05) is 6.04 Å². The summed E-state index contributed by atoms with van der Waals surface area (Å²) in [5.74, 6) is -0.232. The number of nitrogens with zero attached hydrogens (tertiary/aromatic N) is 3. The average molecular weight is 393 g/mol. The summed E-state index contributed by atoms with van der Waals surface area (Å²) in [5, 5.41) is 2.93. The van der Waals surface area contributed by atoms with Crippen molar-refractivity contribution in [1.29, 1.82) is 0 Å². The van der Waals surface area contributed by atoms with E-state index in [0.717, 1.165) is 19.5 Å². The van der Waals surface area contributed by atoms with Crippen LogP contribution < -0.4 is 10.2 Å². The van der Waals surface area contributed by atoms with Gasteiger partial charge in [-0.05, 0) is 70.7 Å². The van der Waals surface area contributed by atoms with Crippen LogP contribution in [0.1, 0.15) is 29.6 Å². The number of hydrogen-bond acceptors (Lipinski definition) is 4. The number of hydrogen-bond donors (Lipinski definition) is 1. The second-order valence-electron chi connectivity index (χ2n) is 8.02. The van der Waals surface area contributed by atoms with Gasteiger partial charge in [-0.1, -0.05) is 24.3 Å².